The highest BCUT2D eigenvalue weighted by Crippen LogP contribution is 2.41. The van der Waals surface area contributed by atoms with Gasteiger partial charge < -0.3 is 14.0 Å². The molecule has 0 N–H and O–H groups in total. The fourth-order valence-corrected chi connectivity index (χ4v) is 4.62. The molecule has 0 unspecified atom stereocenters. The van der Waals surface area contributed by atoms with Crippen molar-refractivity contribution in [2.75, 3.05) is 40.0 Å². The fourth-order valence-electron chi connectivity index (χ4n) is 4.62. The van der Waals surface area contributed by atoms with Crippen molar-refractivity contribution in [3.05, 3.63) is 53.6 Å². The first kappa shape index (κ1) is 16.8. The van der Waals surface area contributed by atoms with Gasteiger partial charge in [0.05, 0.1) is 26.0 Å². The number of fused-ring (bicyclic) bond motifs is 5. The lowest BCUT2D eigenvalue weighted by Gasteiger charge is -2.27. The van der Waals surface area contributed by atoms with Crippen LogP contribution in [0.25, 0.3) is 22.2 Å². The van der Waals surface area contributed by atoms with Crippen LogP contribution in [0.5, 0.6) is 5.75 Å². The summed E-state index contributed by atoms with van der Waals surface area (Å²) in [5.41, 5.74) is 7.01. The maximum atomic E-state index is 5.53. The van der Waals surface area contributed by atoms with E-state index in [1.807, 2.05) is 0 Å². The minimum absolute atomic E-state index is 0.852. The van der Waals surface area contributed by atoms with E-state index in [1.165, 1.54) is 33.3 Å². The zero-order valence-electron chi connectivity index (χ0n) is 15.9. The standard InChI is InChI=1S/C23H26N2O2/c1-26-18-8-6-17-7-9-20-19-4-2-3-5-22(19)25(23(20)21(17)16-18)11-10-24-12-14-27-15-13-24/h2-6,8,16H,7,9-15H2,1H3. The summed E-state index contributed by atoms with van der Waals surface area (Å²) in [6.07, 6.45) is 2.21. The van der Waals surface area contributed by atoms with Crippen molar-refractivity contribution in [2.24, 2.45) is 0 Å². The summed E-state index contributed by atoms with van der Waals surface area (Å²) in [7, 11) is 1.75. The zero-order chi connectivity index (χ0) is 18.2. The Morgan fingerprint density at radius 3 is 2.70 bits per heavy atom. The third-order valence-corrected chi connectivity index (χ3v) is 6.04. The van der Waals surface area contributed by atoms with Crippen LogP contribution < -0.4 is 4.74 Å². The predicted molar refractivity (Wildman–Crippen MR) is 109 cm³/mol. The molecule has 4 heteroatoms. The minimum atomic E-state index is 0.852. The van der Waals surface area contributed by atoms with Gasteiger partial charge in [-0.05, 0) is 42.2 Å². The van der Waals surface area contributed by atoms with Gasteiger partial charge in [-0.25, -0.2) is 0 Å². The molecule has 0 radical (unpaired) electrons. The van der Waals surface area contributed by atoms with Crippen LogP contribution in [0, 0.1) is 0 Å². The average molecular weight is 362 g/mol. The number of aromatic nitrogens is 1. The Labute approximate surface area is 160 Å². The van der Waals surface area contributed by atoms with Gasteiger partial charge in [0.25, 0.3) is 0 Å². The normalized spacial score (nSPS) is 16.9. The number of methoxy groups -OCH3 is 1. The number of nitrogens with zero attached hydrogens (tertiary/aromatic N) is 2. The van der Waals surface area contributed by atoms with Gasteiger partial charge in [-0.1, -0.05) is 24.3 Å². The number of aryl methyl sites for hydroxylation is 2. The topological polar surface area (TPSA) is 26.6 Å². The molecule has 1 aliphatic carbocycles. The number of para-hydroxylation sites is 1. The van der Waals surface area contributed by atoms with Gasteiger partial charge in [0.1, 0.15) is 5.75 Å². The highest BCUT2D eigenvalue weighted by atomic mass is 16.5. The van der Waals surface area contributed by atoms with Crippen LogP contribution in [0.2, 0.25) is 0 Å². The van der Waals surface area contributed by atoms with Crippen molar-refractivity contribution < 1.29 is 9.47 Å². The molecular weight excluding hydrogens is 336 g/mol. The molecular formula is C23H26N2O2. The molecule has 140 valence electrons. The second kappa shape index (κ2) is 7.02. The minimum Gasteiger partial charge on any atom is -0.497 e. The number of rotatable bonds is 4. The molecule has 0 saturated carbocycles. The van der Waals surface area contributed by atoms with Gasteiger partial charge in [0, 0.05) is 42.6 Å². The summed E-state index contributed by atoms with van der Waals surface area (Å²) >= 11 is 0. The van der Waals surface area contributed by atoms with Crippen LogP contribution in [0.4, 0.5) is 0 Å². The van der Waals surface area contributed by atoms with E-state index in [2.05, 4.69) is 51.9 Å². The lowest BCUT2D eigenvalue weighted by molar-refractivity contribution is 0.0366. The first-order chi connectivity index (χ1) is 13.3. The highest BCUT2D eigenvalue weighted by molar-refractivity contribution is 5.93. The van der Waals surface area contributed by atoms with E-state index in [4.69, 9.17) is 9.47 Å². The smallest absolute Gasteiger partial charge is 0.119 e. The Kier molecular flexibility index (Phi) is 4.38. The zero-order valence-corrected chi connectivity index (χ0v) is 15.9. The van der Waals surface area contributed by atoms with Crippen molar-refractivity contribution in [3.8, 4) is 17.0 Å². The van der Waals surface area contributed by atoms with E-state index in [0.29, 0.717) is 0 Å². The molecule has 1 aliphatic heterocycles. The fraction of sp³-hybridized carbons (Fsp3) is 0.391. The summed E-state index contributed by atoms with van der Waals surface area (Å²) in [5.74, 6) is 0.937. The Morgan fingerprint density at radius 1 is 1.00 bits per heavy atom. The van der Waals surface area contributed by atoms with Crippen LogP contribution in [0.3, 0.4) is 0 Å². The summed E-state index contributed by atoms with van der Waals surface area (Å²) in [4.78, 5) is 2.51. The van der Waals surface area contributed by atoms with E-state index in [0.717, 1.165) is 58.0 Å². The van der Waals surface area contributed by atoms with Gasteiger partial charge in [-0.15, -0.1) is 0 Å². The molecule has 0 bridgehead atoms. The Morgan fingerprint density at radius 2 is 1.85 bits per heavy atom. The van der Waals surface area contributed by atoms with Gasteiger partial charge in [-0.3, -0.25) is 4.90 Å². The molecule has 0 spiro atoms. The summed E-state index contributed by atoms with van der Waals surface area (Å²) in [6, 6.07) is 15.4. The molecule has 27 heavy (non-hydrogen) atoms. The Hall–Kier alpha value is -2.30. The van der Waals surface area contributed by atoms with E-state index in [1.54, 1.807) is 7.11 Å². The number of hydrogen-bond acceptors (Lipinski definition) is 3. The lowest BCUT2D eigenvalue weighted by atomic mass is 9.89. The quantitative estimate of drug-likeness (QED) is 0.707. The van der Waals surface area contributed by atoms with E-state index >= 15 is 0 Å². The Balaban J connectivity index is 1.61. The summed E-state index contributed by atoms with van der Waals surface area (Å²) in [5, 5.41) is 1.41. The summed E-state index contributed by atoms with van der Waals surface area (Å²) < 4.78 is 13.6. The molecule has 4 nitrogen and oxygen atoms in total. The van der Waals surface area contributed by atoms with E-state index < -0.39 is 0 Å². The largest absolute Gasteiger partial charge is 0.497 e. The van der Waals surface area contributed by atoms with Gasteiger partial charge in [0.2, 0.25) is 0 Å². The van der Waals surface area contributed by atoms with Gasteiger partial charge in [0.15, 0.2) is 0 Å². The van der Waals surface area contributed by atoms with Crippen molar-refractivity contribution in [2.45, 2.75) is 19.4 Å². The SMILES string of the molecule is COc1ccc2c(c1)-c1c(c3ccccc3n1CCN1CCOCC1)CC2. The number of benzene rings is 2. The first-order valence-electron chi connectivity index (χ1n) is 9.92. The molecule has 3 aromatic rings. The van der Waals surface area contributed by atoms with Crippen LogP contribution in [0.15, 0.2) is 42.5 Å². The van der Waals surface area contributed by atoms with Crippen molar-refractivity contribution in [3.63, 3.8) is 0 Å². The van der Waals surface area contributed by atoms with Crippen molar-refractivity contribution >= 4 is 10.9 Å². The molecule has 1 aromatic heterocycles. The second-order valence-corrected chi connectivity index (χ2v) is 7.47. The monoisotopic (exact) mass is 362 g/mol. The molecule has 0 amide bonds. The van der Waals surface area contributed by atoms with E-state index in [9.17, 15) is 0 Å². The molecule has 0 atom stereocenters. The summed E-state index contributed by atoms with van der Waals surface area (Å²) in [6.45, 7) is 5.84. The number of ether oxygens (including phenoxy) is 2. The van der Waals surface area contributed by atoms with Crippen molar-refractivity contribution in [1.82, 2.24) is 9.47 Å². The second-order valence-electron chi connectivity index (χ2n) is 7.47. The number of hydrogen-bond donors (Lipinski definition) is 0. The van der Waals surface area contributed by atoms with Crippen LogP contribution in [-0.2, 0) is 24.1 Å². The maximum Gasteiger partial charge on any atom is 0.119 e. The molecule has 2 aromatic carbocycles. The molecule has 1 saturated heterocycles. The lowest BCUT2D eigenvalue weighted by Crippen LogP contribution is -2.38. The van der Waals surface area contributed by atoms with Gasteiger partial charge in [-0.2, -0.15) is 0 Å². The molecule has 5 rings (SSSR count). The van der Waals surface area contributed by atoms with Crippen LogP contribution in [-0.4, -0.2) is 49.4 Å². The third kappa shape index (κ3) is 2.93. The molecule has 1 fully saturated rings. The Bertz CT molecular complexity index is 970. The molecule has 2 aliphatic rings. The predicted octanol–water partition coefficient (Wildman–Crippen LogP) is 3.75. The van der Waals surface area contributed by atoms with Crippen LogP contribution >= 0.6 is 0 Å². The maximum absolute atomic E-state index is 5.53. The third-order valence-electron chi connectivity index (χ3n) is 6.04. The number of morpholine rings is 1. The first-order valence-corrected chi connectivity index (χ1v) is 9.92. The van der Waals surface area contributed by atoms with E-state index in [-0.39, 0.29) is 0 Å². The van der Waals surface area contributed by atoms with Gasteiger partial charge >= 0.3 is 0 Å². The average Bonchev–Trinajstić information content (AvgIpc) is 3.07. The highest BCUT2D eigenvalue weighted by Gasteiger charge is 2.25. The van der Waals surface area contributed by atoms with Crippen molar-refractivity contribution in [1.29, 1.82) is 0 Å². The van der Waals surface area contributed by atoms with Crippen LogP contribution in [0.1, 0.15) is 11.1 Å². The molecule has 2 heterocycles.